The standard InChI is InChI=1S/C12H12N2O2/c1-13-12(15)8-16-10-4-5-11-9(7-10)3-2-6-14-11/h2-7H,8H2,1H3,(H,13,15). The Morgan fingerprint density at radius 3 is 3.12 bits per heavy atom. The van der Waals surface area contributed by atoms with Gasteiger partial charge in [-0.1, -0.05) is 6.07 Å². The van der Waals surface area contributed by atoms with Crippen molar-refractivity contribution in [2.45, 2.75) is 0 Å². The predicted octanol–water partition coefficient (Wildman–Crippen LogP) is 1.36. The van der Waals surface area contributed by atoms with Gasteiger partial charge >= 0.3 is 0 Å². The number of carbonyl (C=O) groups is 1. The first-order valence-corrected chi connectivity index (χ1v) is 4.98. The first-order chi connectivity index (χ1) is 7.79. The number of rotatable bonds is 3. The Bertz CT molecular complexity index is 511. The second-order valence-corrected chi connectivity index (χ2v) is 3.32. The number of likely N-dealkylation sites (N-methyl/N-ethyl adjacent to an activating group) is 1. The molecule has 0 saturated carbocycles. The zero-order valence-electron chi connectivity index (χ0n) is 8.93. The fourth-order valence-electron chi connectivity index (χ4n) is 1.36. The van der Waals surface area contributed by atoms with Crippen LogP contribution in [0.2, 0.25) is 0 Å². The van der Waals surface area contributed by atoms with Crippen molar-refractivity contribution in [2.75, 3.05) is 13.7 Å². The molecule has 2 aromatic rings. The van der Waals surface area contributed by atoms with Crippen LogP contribution in [0, 0.1) is 0 Å². The van der Waals surface area contributed by atoms with Gasteiger partial charge < -0.3 is 10.1 Å². The monoisotopic (exact) mass is 216 g/mol. The summed E-state index contributed by atoms with van der Waals surface area (Å²) in [4.78, 5) is 15.2. The topological polar surface area (TPSA) is 51.2 Å². The van der Waals surface area contributed by atoms with Crippen LogP contribution in [0.4, 0.5) is 0 Å². The largest absolute Gasteiger partial charge is 0.484 e. The number of nitrogens with zero attached hydrogens (tertiary/aromatic N) is 1. The highest BCUT2D eigenvalue weighted by Crippen LogP contribution is 2.18. The number of hydrogen-bond acceptors (Lipinski definition) is 3. The van der Waals surface area contributed by atoms with Crippen LogP contribution in [0.3, 0.4) is 0 Å². The van der Waals surface area contributed by atoms with Gasteiger partial charge in [0.2, 0.25) is 0 Å². The summed E-state index contributed by atoms with van der Waals surface area (Å²) in [5, 5.41) is 3.49. The van der Waals surface area contributed by atoms with Gasteiger partial charge in [-0.25, -0.2) is 0 Å². The Morgan fingerprint density at radius 1 is 1.44 bits per heavy atom. The summed E-state index contributed by atoms with van der Waals surface area (Å²) in [6, 6.07) is 9.36. The van der Waals surface area contributed by atoms with Gasteiger partial charge in [0.1, 0.15) is 5.75 Å². The van der Waals surface area contributed by atoms with Gasteiger partial charge in [-0.2, -0.15) is 0 Å². The second-order valence-electron chi connectivity index (χ2n) is 3.32. The van der Waals surface area contributed by atoms with Crippen molar-refractivity contribution in [3.8, 4) is 5.75 Å². The summed E-state index contributed by atoms with van der Waals surface area (Å²) in [6.07, 6.45) is 1.74. The van der Waals surface area contributed by atoms with Gasteiger partial charge in [0.15, 0.2) is 6.61 Å². The Balaban J connectivity index is 2.16. The number of ether oxygens (including phenoxy) is 1. The van der Waals surface area contributed by atoms with Crippen molar-refractivity contribution < 1.29 is 9.53 Å². The average Bonchev–Trinajstić information content (AvgIpc) is 2.35. The Kier molecular flexibility index (Phi) is 3.00. The first kappa shape index (κ1) is 10.4. The maximum absolute atomic E-state index is 11.0. The van der Waals surface area contributed by atoms with Crippen LogP contribution in [0.5, 0.6) is 5.75 Å². The fraction of sp³-hybridized carbons (Fsp3) is 0.167. The summed E-state index contributed by atoms with van der Waals surface area (Å²) in [6.45, 7) is 0.0300. The summed E-state index contributed by atoms with van der Waals surface area (Å²) in [5.41, 5.74) is 0.912. The zero-order valence-corrected chi connectivity index (χ0v) is 8.93. The summed E-state index contributed by atoms with van der Waals surface area (Å²) in [5.74, 6) is 0.524. The van der Waals surface area contributed by atoms with Crippen molar-refractivity contribution in [2.24, 2.45) is 0 Å². The molecule has 1 amide bonds. The van der Waals surface area contributed by atoms with Crippen LogP contribution < -0.4 is 10.1 Å². The van der Waals surface area contributed by atoms with Crippen molar-refractivity contribution in [1.82, 2.24) is 10.3 Å². The molecule has 0 unspecified atom stereocenters. The number of pyridine rings is 1. The SMILES string of the molecule is CNC(=O)COc1ccc2ncccc2c1. The van der Waals surface area contributed by atoms with E-state index in [-0.39, 0.29) is 12.5 Å². The molecule has 2 rings (SSSR count). The van der Waals surface area contributed by atoms with Crippen molar-refractivity contribution in [1.29, 1.82) is 0 Å². The third kappa shape index (κ3) is 2.28. The minimum atomic E-state index is -0.147. The van der Waals surface area contributed by atoms with Crippen molar-refractivity contribution in [3.05, 3.63) is 36.5 Å². The van der Waals surface area contributed by atoms with E-state index in [9.17, 15) is 4.79 Å². The van der Waals surface area contributed by atoms with Gasteiger partial charge in [-0.05, 0) is 24.3 Å². The third-order valence-corrected chi connectivity index (χ3v) is 2.22. The molecule has 0 fully saturated rings. The lowest BCUT2D eigenvalue weighted by molar-refractivity contribution is -0.122. The zero-order chi connectivity index (χ0) is 11.4. The number of carbonyl (C=O) groups excluding carboxylic acids is 1. The van der Waals surface area contributed by atoms with Crippen LogP contribution in [0.25, 0.3) is 10.9 Å². The van der Waals surface area contributed by atoms with Gasteiger partial charge in [0.25, 0.3) is 5.91 Å². The lowest BCUT2D eigenvalue weighted by atomic mass is 10.2. The van der Waals surface area contributed by atoms with Crippen LogP contribution >= 0.6 is 0 Å². The van der Waals surface area contributed by atoms with Crippen LogP contribution in [0.1, 0.15) is 0 Å². The molecule has 0 saturated heterocycles. The van der Waals surface area contributed by atoms with Crippen molar-refractivity contribution >= 4 is 16.8 Å². The highest BCUT2D eigenvalue weighted by atomic mass is 16.5. The van der Waals surface area contributed by atoms with E-state index in [1.54, 1.807) is 19.3 Å². The van der Waals surface area contributed by atoms with E-state index in [1.165, 1.54) is 0 Å². The maximum atomic E-state index is 11.0. The molecule has 1 aromatic heterocycles. The molecule has 0 aliphatic rings. The quantitative estimate of drug-likeness (QED) is 0.842. The van der Waals surface area contributed by atoms with E-state index in [0.29, 0.717) is 5.75 Å². The van der Waals surface area contributed by atoms with Crippen molar-refractivity contribution in [3.63, 3.8) is 0 Å². The normalized spacial score (nSPS) is 10.1. The fourth-order valence-corrected chi connectivity index (χ4v) is 1.36. The number of hydrogen-bond donors (Lipinski definition) is 1. The first-order valence-electron chi connectivity index (χ1n) is 4.98. The molecule has 4 heteroatoms. The van der Waals surface area contributed by atoms with Gasteiger partial charge in [0.05, 0.1) is 5.52 Å². The Labute approximate surface area is 93.3 Å². The molecule has 0 aliphatic heterocycles. The van der Waals surface area contributed by atoms with Gasteiger partial charge in [0, 0.05) is 18.6 Å². The van der Waals surface area contributed by atoms with E-state index in [4.69, 9.17) is 4.74 Å². The molecule has 1 heterocycles. The summed E-state index contributed by atoms with van der Waals surface area (Å²) < 4.78 is 5.33. The number of nitrogens with one attached hydrogen (secondary N) is 1. The highest BCUT2D eigenvalue weighted by molar-refractivity contribution is 5.80. The molecular weight excluding hydrogens is 204 g/mol. The molecule has 16 heavy (non-hydrogen) atoms. The summed E-state index contributed by atoms with van der Waals surface area (Å²) >= 11 is 0. The Hall–Kier alpha value is -2.10. The average molecular weight is 216 g/mol. The smallest absolute Gasteiger partial charge is 0.257 e. The second kappa shape index (κ2) is 4.61. The molecule has 0 bridgehead atoms. The minimum Gasteiger partial charge on any atom is -0.484 e. The van der Waals surface area contributed by atoms with E-state index >= 15 is 0 Å². The molecule has 0 spiro atoms. The Morgan fingerprint density at radius 2 is 2.31 bits per heavy atom. The molecule has 0 atom stereocenters. The molecule has 82 valence electrons. The van der Waals surface area contributed by atoms with E-state index in [0.717, 1.165) is 10.9 Å². The highest BCUT2D eigenvalue weighted by Gasteiger charge is 2.01. The summed E-state index contributed by atoms with van der Waals surface area (Å²) in [7, 11) is 1.58. The van der Waals surface area contributed by atoms with Crippen LogP contribution in [0.15, 0.2) is 36.5 Å². The molecule has 0 radical (unpaired) electrons. The predicted molar refractivity (Wildman–Crippen MR) is 61.3 cm³/mol. The molecular formula is C12H12N2O2. The van der Waals surface area contributed by atoms with Crippen LogP contribution in [-0.4, -0.2) is 24.5 Å². The molecule has 1 aromatic carbocycles. The van der Waals surface area contributed by atoms with E-state index in [2.05, 4.69) is 10.3 Å². The molecule has 1 N–H and O–H groups in total. The maximum Gasteiger partial charge on any atom is 0.257 e. The minimum absolute atomic E-state index is 0.0300. The van der Waals surface area contributed by atoms with Crippen LogP contribution in [-0.2, 0) is 4.79 Å². The lowest BCUT2D eigenvalue weighted by Crippen LogP contribution is -2.24. The third-order valence-electron chi connectivity index (χ3n) is 2.22. The number of amides is 1. The van der Waals surface area contributed by atoms with E-state index < -0.39 is 0 Å². The number of benzene rings is 1. The van der Waals surface area contributed by atoms with Gasteiger partial charge in [-0.15, -0.1) is 0 Å². The molecule has 0 aliphatic carbocycles. The molecule has 4 nitrogen and oxygen atoms in total. The van der Waals surface area contributed by atoms with E-state index in [1.807, 2.05) is 24.3 Å². The lowest BCUT2D eigenvalue weighted by Gasteiger charge is -2.05. The number of aromatic nitrogens is 1. The number of fused-ring (bicyclic) bond motifs is 1. The van der Waals surface area contributed by atoms with Gasteiger partial charge in [-0.3, -0.25) is 9.78 Å².